The predicted octanol–water partition coefficient (Wildman–Crippen LogP) is 3.24. The number of carbonyl (C=O) groups is 3. The second-order valence-electron chi connectivity index (χ2n) is 8.16. The molecule has 0 radical (unpaired) electrons. The summed E-state index contributed by atoms with van der Waals surface area (Å²) in [5, 5.41) is 14.3. The quantitative estimate of drug-likeness (QED) is 0.366. The number of nitrogens with zero attached hydrogens (tertiary/aromatic N) is 2. The highest BCUT2D eigenvalue weighted by Gasteiger charge is 2.32. The third-order valence-electron chi connectivity index (χ3n) is 5.45. The molecule has 10 nitrogen and oxygen atoms in total. The van der Waals surface area contributed by atoms with Crippen LogP contribution in [-0.4, -0.2) is 46.8 Å². The minimum absolute atomic E-state index is 0.181. The number of esters is 1. The molecule has 2 aromatic rings. The van der Waals surface area contributed by atoms with Crippen molar-refractivity contribution in [3.8, 4) is 0 Å². The van der Waals surface area contributed by atoms with Gasteiger partial charge in [-0.05, 0) is 38.8 Å². The van der Waals surface area contributed by atoms with Crippen LogP contribution in [0.15, 0.2) is 47.1 Å². The second-order valence-corrected chi connectivity index (χ2v) is 8.16. The molecule has 3 rings (SSSR count). The Morgan fingerprint density at radius 2 is 1.88 bits per heavy atom. The molecular formula is C23H27N3O7. The van der Waals surface area contributed by atoms with Crippen molar-refractivity contribution in [1.29, 1.82) is 0 Å². The van der Waals surface area contributed by atoms with E-state index in [0.717, 1.165) is 0 Å². The average molecular weight is 457 g/mol. The number of likely N-dealkylation sites (tertiary alicyclic amines) is 1. The van der Waals surface area contributed by atoms with Gasteiger partial charge in [0.15, 0.2) is 5.76 Å². The second kappa shape index (κ2) is 10.8. The van der Waals surface area contributed by atoms with Crippen molar-refractivity contribution in [3.05, 3.63) is 64.1 Å². The molecule has 1 saturated heterocycles. The molecular weight excluding hydrogens is 430 g/mol. The van der Waals surface area contributed by atoms with E-state index in [0.29, 0.717) is 25.9 Å². The number of piperidine rings is 1. The first-order valence-corrected chi connectivity index (χ1v) is 10.8. The molecule has 176 valence electrons. The van der Waals surface area contributed by atoms with Gasteiger partial charge in [-0.25, -0.2) is 0 Å². The largest absolute Gasteiger partial charge is 0.463 e. The maximum absolute atomic E-state index is 13.0. The first-order chi connectivity index (χ1) is 15.8. The number of rotatable bonds is 8. The zero-order valence-electron chi connectivity index (χ0n) is 18.6. The molecule has 1 aliphatic rings. The Kier molecular flexibility index (Phi) is 7.81. The number of hydrogen-bond donors (Lipinski definition) is 1. The number of furan rings is 1. The number of nitrogens with one attached hydrogen (secondary N) is 1. The summed E-state index contributed by atoms with van der Waals surface area (Å²) in [4.78, 5) is 50.3. The maximum atomic E-state index is 13.0. The number of para-hydroxylation sites is 1. The molecule has 1 aromatic carbocycles. The Morgan fingerprint density at radius 3 is 2.48 bits per heavy atom. The summed E-state index contributed by atoms with van der Waals surface area (Å²) in [6.45, 7) is 4.16. The summed E-state index contributed by atoms with van der Waals surface area (Å²) < 4.78 is 10.3. The molecule has 10 heteroatoms. The number of carbonyl (C=O) groups excluding carboxylic acids is 3. The summed E-state index contributed by atoms with van der Waals surface area (Å²) >= 11 is 0. The Bertz CT molecular complexity index is 995. The van der Waals surface area contributed by atoms with Crippen LogP contribution in [0.4, 0.5) is 5.69 Å². The van der Waals surface area contributed by atoms with E-state index in [4.69, 9.17) is 9.15 Å². The highest BCUT2D eigenvalue weighted by Crippen LogP contribution is 2.29. The molecule has 0 spiro atoms. The minimum Gasteiger partial charge on any atom is -0.463 e. The summed E-state index contributed by atoms with van der Waals surface area (Å²) in [5.41, 5.74) is 0.0565. The summed E-state index contributed by atoms with van der Waals surface area (Å²) in [6, 6.07) is 8.33. The third kappa shape index (κ3) is 6.18. The van der Waals surface area contributed by atoms with Gasteiger partial charge < -0.3 is 19.4 Å². The molecule has 2 heterocycles. The SMILES string of the molecule is CC(C)OC(=O)CC(NC(=O)C1CCN(C(=O)c2ccco2)CC1)c1ccccc1[N+](=O)[O-]. The first kappa shape index (κ1) is 24.0. The zero-order valence-corrected chi connectivity index (χ0v) is 18.6. The fraction of sp³-hybridized carbons (Fsp3) is 0.435. The lowest BCUT2D eigenvalue weighted by molar-refractivity contribution is -0.385. The van der Waals surface area contributed by atoms with E-state index in [1.165, 1.54) is 24.5 Å². The molecule has 33 heavy (non-hydrogen) atoms. The van der Waals surface area contributed by atoms with E-state index in [2.05, 4.69) is 5.32 Å². The van der Waals surface area contributed by atoms with Gasteiger partial charge in [0.25, 0.3) is 11.6 Å². The van der Waals surface area contributed by atoms with Crippen LogP contribution in [0, 0.1) is 16.0 Å². The molecule has 0 bridgehead atoms. The molecule has 1 aliphatic heterocycles. The van der Waals surface area contributed by atoms with E-state index < -0.39 is 22.9 Å². The number of nitro groups is 1. The summed E-state index contributed by atoms with van der Waals surface area (Å²) in [5.74, 6) is -1.25. The van der Waals surface area contributed by atoms with Gasteiger partial charge in [-0.2, -0.15) is 0 Å². The van der Waals surface area contributed by atoms with E-state index in [1.54, 1.807) is 36.9 Å². The molecule has 1 aromatic heterocycles. The fourth-order valence-corrected chi connectivity index (χ4v) is 3.86. The van der Waals surface area contributed by atoms with Gasteiger partial charge in [-0.3, -0.25) is 24.5 Å². The molecule has 0 saturated carbocycles. The van der Waals surface area contributed by atoms with Crippen molar-refractivity contribution in [1.82, 2.24) is 10.2 Å². The number of ether oxygens (including phenoxy) is 1. The molecule has 1 fully saturated rings. The van der Waals surface area contributed by atoms with Crippen molar-refractivity contribution in [2.45, 2.75) is 45.3 Å². The van der Waals surface area contributed by atoms with Gasteiger partial charge in [0.1, 0.15) is 0 Å². The van der Waals surface area contributed by atoms with Crippen molar-refractivity contribution in [3.63, 3.8) is 0 Å². The standard InChI is InChI=1S/C23H27N3O7/c1-15(2)33-21(27)14-18(17-6-3-4-7-19(17)26(30)31)24-22(28)16-9-11-25(12-10-16)23(29)20-8-5-13-32-20/h3-8,13,15-16,18H,9-12,14H2,1-2H3,(H,24,28). The highest BCUT2D eigenvalue weighted by molar-refractivity contribution is 5.91. The first-order valence-electron chi connectivity index (χ1n) is 10.8. The number of benzene rings is 1. The molecule has 2 amide bonds. The lowest BCUT2D eigenvalue weighted by Crippen LogP contribution is -2.44. The molecule has 1 N–H and O–H groups in total. The fourth-order valence-electron chi connectivity index (χ4n) is 3.86. The van der Waals surface area contributed by atoms with Gasteiger partial charge >= 0.3 is 5.97 Å². The van der Waals surface area contributed by atoms with Crippen LogP contribution in [0.3, 0.4) is 0 Å². The van der Waals surface area contributed by atoms with E-state index in [-0.39, 0.29) is 41.4 Å². The topological polar surface area (TPSA) is 132 Å². The Balaban J connectivity index is 1.69. The van der Waals surface area contributed by atoms with Crippen molar-refractivity contribution < 1.29 is 28.5 Å². The Labute approximate surface area is 191 Å². The van der Waals surface area contributed by atoms with Crippen molar-refractivity contribution >= 4 is 23.5 Å². The van der Waals surface area contributed by atoms with Gasteiger partial charge in [-0.15, -0.1) is 0 Å². The van der Waals surface area contributed by atoms with Crippen molar-refractivity contribution in [2.24, 2.45) is 5.92 Å². The Hall–Kier alpha value is -3.69. The van der Waals surface area contributed by atoms with Crippen LogP contribution in [0.25, 0.3) is 0 Å². The van der Waals surface area contributed by atoms with Gasteiger partial charge in [0.05, 0.1) is 35.3 Å². The van der Waals surface area contributed by atoms with Crippen LogP contribution in [0.2, 0.25) is 0 Å². The van der Waals surface area contributed by atoms with Crippen LogP contribution < -0.4 is 5.32 Å². The average Bonchev–Trinajstić information content (AvgIpc) is 3.32. The highest BCUT2D eigenvalue weighted by atomic mass is 16.6. The van der Waals surface area contributed by atoms with Gasteiger partial charge in [0.2, 0.25) is 5.91 Å². The van der Waals surface area contributed by atoms with Crippen LogP contribution in [0.1, 0.15) is 55.3 Å². The van der Waals surface area contributed by atoms with Crippen LogP contribution >= 0.6 is 0 Å². The molecule has 1 unspecified atom stereocenters. The van der Waals surface area contributed by atoms with Gasteiger partial charge in [0, 0.05) is 25.1 Å². The van der Waals surface area contributed by atoms with E-state index in [1.807, 2.05) is 0 Å². The van der Waals surface area contributed by atoms with E-state index in [9.17, 15) is 24.5 Å². The molecule has 1 atom stereocenters. The monoisotopic (exact) mass is 457 g/mol. The zero-order chi connectivity index (χ0) is 24.0. The Morgan fingerprint density at radius 1 is 1.18 bits per heavy atom. The normalized spacial score (nSPS) is 15.2. The van der Waals surface area contributed by atoms with Crippen molar-refractivity contribution in [2.75, 3.05) is 13.1 Å². The smallest absolute Gasteiger partial charge is 0.308 e. The summed E-state index contributed by atoms with van der Waals surface area (Å²) in [6.07, 6.45) is 1.71. The van der Waals surface area contributed by atoms with Crippen LogP contribution in [0.5, 0.6) is 0 Å². The molecule has 0 aliphatic carbocycles. The number of amides is 2. The lowest BCUT2D eigenvalue weighted by Gasteiger charge is -2.31. The minimum atomic E-state index is -0.909. The van der Waals surface area contributed by atoms with Gasteiger partial charge in [-0.1, -0.05) is 18.2 Å². The van der Waals surface area contributed by atoms with Crippen LogP contribution in [-0.2, 0) is 14.3 Å². The summed E-state index contributed by atoms with van der Waals surface area (Å²) in [7, 11) is 0. The van der Waals surface area contributed by atoms with E-state index >= 15 is 0 Å². The predicted molar refractivity (Wildman–Crippen MR) is 117 cm³/mol. The lowest BCUT2D eigenvalue weighted by atomic mass is 9.94. The maximum Gasteiger partial charge on any atom is 0.308 e. The number of hydrogen-bond acceptors (Lipinski definition) is 7. The number of nitro benzene ring substituents is 1. The third-order valence-corrected chi connectivity index (χ3v) is 5.45.